The zero-order valence-corrected chi connectivity index (χ0v) is 6.34. The van der Waals surface area contributed by atoms with E-state index in [4.69, 9.17) is 0 Å². The predicted octanol–water partition coefficient (Wildman–Crippen LogP) is 1.13. The van der Waals surface area contributed by atoms with Crippen LogP contribution in [-0.4, -0.2) is 17.0 Å². The third-order valence-corrected chi connectivity index (χ3v) is 2.30. The fraction of sp³-hybridized carbons (Fsp3) is 0.875. The van der Waals surface area contributed by atoms with Gasteiger partial charge in [0.2, 0.25) is 0 Å². The van der Waals surface area contributed by atoms with E-state index in [0.717, 1.165) is 12.8 Å². The van der Waals surface area contributed by atoms with Crippen LogP contribution in [0.3, 0.4) is 0 Å². The number of Topliss-reactive ketones (excluding diaryl/α,β-unsaturated/α-hetero) is 1. The molecule has 0 aromatic carbocycles. The van der Waals surface area contributed by atoms with E-state index in [2.05, 4.69) is 6.92 Å². The third kappa shape index (κ3) is 1.57. The van der Waals surface area contributed by atoms with Gasteiger partial charge >= 0.3 is 0 Å². The Hall–Kier alpha value is -0.370. The first-order valence-corrected chi connectivity index (χ1v) is 3.93. The summed E-state index contributed by atoms with van der Waals surface area (Å²) in [5.74, 6) is 0.592. The van der Waals surface area contributed by atoms with E-state index in [1.807, 2.05) is 0 Å². The molecule has 1 aliphatic rings. The maximum absolute atomic E-state index is 10.8. The van der Waals surface area contributed by atoms with Gasteiger partial charge in [-0.2, -0.15) is 0 Å². The lowest BCUT2D eigenvalue weighted by molar-refractivity contribution is -0.124. The molecule has 0 unspecified atom stereocenters. The molecule has 0 spiro atoms. The summed E-state index contributed by atoms with van der Waals surface area (Å²) in [7, 11) is 0. The van der Waals surface area contributed by atoms with Crippen molar-refractivity contribution in [2.45, 2.75) is 38.7 Å². The first kappa shape index (κ1) is 7.73. The average Bonchev–Trinajstić information content (AvgIpc) is 1.88. The second kappa shape index (κ2) is 3.15. The van der Waals surface area contributed by atoms with Gasteiger partial charge in [0.1, 0.15) is 5.78 Å². The monoisotopic (exact) mass is 142 g/mol. The molecule has 0 saturated heterocycles. The second-order valence-electron chi connectivity index (χ2n) is 3.02. The summed E-state index contributed by atoms with van der Waals surface area (Å²) in [6.45, 7) is 2.06. The van der Waals surface area contributed by atoms with Gasteiger partial charge in [0.15, 0.2) is 0 Å². The summed E-state index contributed by atoms with van der Waals surface area (Å²) in [6.07, 6.45) is 2.59. The summed E-state index contributed by atoms with van der Waals surface area (Å²) in [6, 6.07) is 0. The van der Waals surface area contributed by atoms with Crippen molar-refractivity contribution in [3.63, 3.8) is 0 Å². The first-order chi connectivity index (χ1) is 4.74. The number of carbonyl (C=O) groups excluding carboxylic acids is 1. The summed E-state index contributed by atoms with van der Waals surface area (Å²) in [4.78, 5) is 10.8. The zero-order valence-electron chi connectivity index (χ0n) is 6.34. The van der Waals surface area contributed by atoms with Crippen molar-refractivity contribution in [2.75, 3.05) is 0 Å². The fourth-order valence-corrected chi connectivity index (χ4v) is 1.52. The number of aliphatic hydroxyl groups excluding tert-OH is 1. The lowest BCUT2D eigenvalue weighted by atomic mass is 9.84. The van der Waals surface area contributed by atoms with Gasteiger partial charge in [0, 0.05) is 12.8 Å². The van der Waals surface area contributed by atoms with Crippen LogP contribution in [-0.2, 0) is 4.79 Å². The predicted molar refractivity (Wildman–Crippen MR) is 38.6 cm³/mol. The number of hydrogen-bond acceptors (Lipinski definition) is 2. The van der Waals surface area contributed by atoms with Gasteiger partial charge in [0.25, 0.3) is 0 Å². The normalized spacial score (nSPS) is 34.4. The first-order valence-electron chi connectivity index (χ1n) is 3.93. The van der Waals surface area contributed by atoms with Crippen molar-refractivity contribution in [2.24, 2.45) is 5.92 Å². The van der Waals surface area contributed by atoms with Crippen LogP contribution in [0.4, 0.5) is 0 Å². The highest BCUT2D eigenvalue weighted by molar-refractivity contribution is 5.79. The highest BCUT2D eigenvalue weighted by Crippen LogP contribution is 2.24. The van der Waals surface area contributed by atoms with E-state index in [0.29, 0.717) is 18.8 Å². The van der Waals surface area contributed by atoms with Crippen molar-refractivity contribution in [3.05, 3.63) is 0 Å². The molecule has 0 aromatic heterocycles. The fourth-order valence-electron chi connectivity index (χ4n) is 1.52. The number of ketones is 1. The largest absolute Gasteiger partial charge is 0.392 e. The van der Waals surface area contributed by atoms with Crippen molar-refractivity contribution < 1.29 is 9.90 Å². The molecule has 10 heavy (non-hydrogen) atoms. The molecule has 0 bridgehead atoms. The topological polar surface area (TPSA) is 37.3 Å². The Morgan fingerprint density at radius 1 is 1.70 bits per heavy atom. The molecule has 1 rings (SSSR count). The summed E-state index contributed by atoms with van der Waals surface area (Å²) >= 11 is 0. The SMILES string of the molecule is CC[C@@H]1CCC(=O)C[C@H]1O. The lowest BCUT2D eigenvalue weighted by Crippen LogP contribution is -2.28. The molecule has 0 aromatic rings. The molecule has 2 nitrogen and oxygen atoms in total. The van der Waals surface area contributed by atoms with E-state index >= 15 is 0 Å². The van der Waals surface area contributed by atoms with Crippen LogP contribution in [0.15, 0.2) is 0 Å². The molecular formula is C8H14O2. The number of hydrogen-bond donors (Lipinski definition) is 1. The van der Waals surface area contributed by atoms with Crippen LogP contribution in [0.1, 0.15) is 32.6 Å². The number of rotatable bonds is 1. The molecule has 58 valence electrons. The Balaban J connectivity index is 2.43. The highest BCUT2D eigenvalue weighted by atomic mass is 16.3. The van der Waals surface area contributed by atoms with E-state index in [-0.39, 0.29) is 11.9 Å². The van der Waals surface area contributed by atoms with E-state index in [9.17, 15) is 9.90 Å². The van der Waals surface area contributed by atoms with Crippen molar-refractivity contribution >= 4 is 5.78 Å². The van der Waals surface area contributed by atoms with Crippen LogP contribution < -0.4 is 0 Å². The molecule has 0 amide bonds. The summed E-state index contributed by atoms with van der Waals surface area (Å²) in [5, 5.41) is 9.32. The van der Waals surface area contributed by atoms with Crippen LogP contribution >= 0.6 is 0 Å². The quantitative estimate of drug-likeness (QED) is 0.595. The van der Waals surface area contributed by atoms with Crippen LogP contribution in [0.5, 0.6) is 0 Å². The van der Waals surface area contributed by atoms with E-state index in [1.165, 1.54) is 0 Å². The Bertz CT molecular complexity index is 131. The molecule has 0 heterocycles. The highest BCUT2D eigenvalue weighted by Gasteiger charge is 2.25. The molecule has 1 aliphatic carbocycles. The average molecular weight is 142 g/mol. The Morgan fingerprint density at radius 2 is 2.40 bits per heavy atom. The number of carbonyl (C=O) groups is 1. The summed E-state index contributed by atoms with van der Waals surface area (Å²) in [5.41, 5.74) is 0. The minimum Gasteiger partial charge on any atom is -0.392 e. The maximum atomic E-state index is 10.8. The molecule has 1 saturated carbocycles. The van der Waals surface area contributed by atoms with Gasteiger partial charge in [-0.15, -0.1) is 0 Å². The van der Waals surface area contributed by atoms with Gasteiger partial charge < -0.3 is 5.11 Å². The molecule has 2 atom stereocenters. The van der Waals surface area contributed by atoms with Crippen LogP contribution in [0.2, 0.25) is 0 Å². The van der Waals surface area contributed by atoms with E-state index < -0.39 is 0 Å². The molecular weight excluding hydrogens is 128 g/mol. The van der Waals surface area contributed by atoms with E-state index in [1.54, 1.807) is 0 Å². The van der Waals surface area contributed by atoms with Crippen molar-refractivity contribution in [1.29, 1.82) is 0 Å². The Kier molecular flexibility index (Phi) is 2.44. The van der Waals surface area contributed by atoms with Gasteiger partial charge in [-0.3, -0.25) is 4.79 Å². The third-order valence-electron chi connectivity index (χ3n) is 2.30. The molecule has 2 heteroatoms. The molecule has 1 fully saturated rings. The smallest absolute Gasteiger partial charge is 0.135 e. The van der Waals surface area contributed by atoms with Gasteiger partial charge in [-0.05, 0) is 12.3 Å². The zero-order chi connectivity index (χ0) is 7.56. The Labute approximate surface area is 61.2 Å². The molecule has 0 aliphatic heterocycles. The van der Waals surface area contributed by atoms with Gasteiger partial charge in [-0.25, -0.2) is 0 Å². The van der Waals surface area contributed by atoms with Crippen LogP contribution in [0, 0.1) is 5.92 Å². The minimum atomic E-state index is -0.355. The summed E-state index contributed by atoms with van der Waals surface area (Å²) < 4.78 is 0. The number of aliphatic hydroxyl groups is 1. The Morgan fingerprint density at radius 3 is 2.90 bits per heavy atom. The minimum absolute atomic E-state index is 0.220. The second-order valence-corrected chi connectivity index (χ2v) is 3.02. The maximum Gasteiger partial charge on any atom is 0.135 e. The van der Waals surface area contributed by atoms with Crippen molar-refractivity contribution in [3.8, 4) is 0 Å². The van der Waals surface area contributed by atoms with Gasteiger partial charge in [0.05, 0.1) is 6.10 Å². The lowest BCUT2D eigenvalue weighted by Gasteiger charge is -2.25. The van der Waals surface area contributed by atoms with Crippen LogP contribution in [0.25, 0.3) is 0 Å². The molecule has 1 N–H and O–H groups in total. The van der Waals surface area contributed by atoms with Crippen molar-refractivity contribution in [1.82, 2.24) is 0 Å². The standard InChI is InChI=1S/C8H14O2/c1-2-6-3-4-7(9)5-8(6)10/h6,8,10H,2-5H2,1H3/t6-,8-/m1/s1. The van der Waals surface area contributed by atoms with Gasteiger partial charge in [-0.1, -0.05) is 13.3 Å². The molecule has 0 radical (unpaired) electrons.